The summed E-state index contributed by atoms with van der Waals surface area (Å²) in [7, 11) is 0. The largest absolute Gasteiger partial charge is 0.480 e. The number of hydrogen-bond donors (Lipinski definition) is 2. The van der Waals surface area contributed by atoms with Gasteiger partial charge in [-0.05, 0) is 36.1 Å². The van der Waals surface area contributed by atoms with Crippen LogP contribution in [0.1, 0.15) is 18.4 Å². The van der Waals surface area contributed by atoms with E-state index >= 15 is 0 Å². The monoisotopic (exact) mass is 613 g/mol. The highest BCUT2D eigenvalue weighted by atomic mass is 19.1. The van der Waals surface area contributed by atoms with E-state index < -0.39 is 11.4 Å². The number of piperidine rings is 1. The average molecular weight is 614 g/mol. The number of nitrogens with zero attached hydrogens (tertiary/aromatic N) is 5. The first kappa shape index (κ1) is 30.6. The van der Waals surface area contributed by atoms with Crippen LogP contribution in [0.2, 0.25) is 0 Å². The number of likely N-dealkylation sites (tertiary alicyclic amines) is 1. The highest BCUT2D eigenvalue weighted by Crippen LogP contribution is 2.35. The molecule has 0 atom stereocenters. The number of halogens is 1. The molecule has 0 unspecified atom stereocenters. The van der Waals surface area contributed by atoms with E-state index in [0.717, 1.165) is 16.7 Å². The molecule has 0 saturated carbocycles. The van der Waals surface area contributed by atoms with Crippen LogP contribution in [0.5, 0.6) is 0 Å². The van der Waals surface area contributed by atoms with Crippen LogP contribution in [0.15, 0.2) is 77.3 Å². The number of amides is 1. The summed E-state index contributed by atoms with van der Waals surface area (Å²) in [4.78, 5) is 36.2. The number of carbonyl (C=O) groups is 2. The summed E-state index contributed by atoms with van der Waals surface area (Å²) < 4.78 is 20.3. The van der Waals surface area contributed by atoms with E-state index in [1.807, 2.05) is 54.6 Å². The van der Waals surface area contributed by atoms with Crippen molar-refractivity contribution in [1.82, 2.24) is 24.8 Å². The molecule has 3 aromatic carbocycles. The van der Waals surface area contributed by atoms with Crippen LogP contribution in [0, 0.1) is 11.2 Å². The van der Waals surface area contributed by atoms with Gasteiger partial charge < -0.3 is 19.6 Å². The van der Waals surface area contributed by atoms with Crippen LogP contribution in [-0.4, -0.2) is 99.4 Å². The third kappa shape index (κ3) is 6.51. The first-order chi connectivity index (χ1) is 21.9. The number of benzene rings is 3. The summed E-state index contributed by atoms with van der Waals surface area (Å²) in [5.74, 6) is -1.10. The first-order valence-corrected chi connectivity index (χ1v) is 15.2. The molecule has 2 aliphatic heterocycles. The lowest BCUT2D eigenvalue weighted by Gasteiger charge is -2.42. The van der Waals surface area contributed by atoms with Gasteiger partial charge in [-0.1, -0.05) is 65.8 Å². The second kappa shape index (κ2) is 13.3. The van der Waals surface area contributed by atoms with E-state index in [1.54, 1.807) is 17.0 Å². The van der Waals surface area contributed by atoms with Crippen molar-refractivity contribution in [3.8, 4) is 34.0 Å². The number of piperazine rings is 1. The number of aliphatic carboxylic acids is 1. The quantitative estimate of drug-likeness (QED) is 0.270. The molecule has 4 aromatic rings. The Bertz CT molecular complexity index is 1630. The van der Waals surface area contributed by atoms with E-state index in [1.165, 1.54) is 6.07 Å². The predicted molar refractivity (Wildman–Crippen MR) is 165 cm³/mol. The van der Waals surface area contributed by atoms with Crippen LogP contribution >= 0.6 is 0 Å². The molecule has 2 saturated heterocycles. The number of carbonyl (C=O) groups excluding carboxylic acids is 1. The van der Waals surface area contributed by atoms with Crippen LogP contribution in [0.4, 0.5) is 4.39 Å². The highest BCUT2D eigenvalue weighted by molar-refractivity contribution is 6.02. The molecule has 10 nitrogen and oxygen atoms in total. The Morgan fingerprint density at radius 2 is 1.53 bits per heavy atom. The zero-order chi connectivity index (χ0) is 31.4. The second-order valence-corrected chi connectivity index (χ2v) is 11.7. The van der Waals surface area contributed by atoms with Crippen molar-refractivity contribution in [2.75, 3.05) is 52.4 Å². The third-order valence-electron chi connectivity index (χ3n) is 8.95. The summed E-state index contributed by atoms with van der Waals surface area (Å²) >= 11 is 0. The first-order valence-electron chi connectivity index (χ1n) is 15.2. The minimum absolute atomic E-state index is 0.0662. The molecule has 0 aliphatic carbocycles. The van der Waals surface area contributed by atoms with E-state index in [0.29, 0.717) is 69.3 Å². The van der Waals surface area contributed by atoms with Crippen LogP contribution in [-0.2, 0) is 16.1 Å². The third-order valence-corrected chi connectivity index (χ3v) is 8.95. The molecule has 0 bridgehead atoms. The van der Waals surface area contributed by atoms with Gasteiger partial charge in [0.15, 0.2) is 0 Å². The van der Waals surface area contributed by atoms with Crippen molar-refractivity contribution >= 4 is 11.9 Å². The van der Waals surface area contributed by atoms with Gasteiger partial charge in [-0.2, -0.15) is 4.98 Å². The van der Waals surface area contributed by atoms with E-state index in [9.17, 15) is 19.1 Å². The molecule has 0 radical (unpaired) electrons. The summed E-state index contributed by atoms with van der Waals surface area (Å²) in [6.45, 7) is 4.46. The number of carboxylic acid groups (broad SMARTS) is 1. The smallest absolute Gasteiger partial charge is 0.319 e. The Morgan fingerprint density at radius 1 is 0.844 bits per heavy atom. The molecule has 2 fully saturated rings. The molecule has 1 amide bonds. The van der Waals surface area contributed by atoms with Crippen LogP contribution in [0.3, 0.4) is 0 Å². The van der Waals surface area contributed by atoms with E-state index in [4.69, 9.17) is 9.63 Å². The molecule has 0 spiro atoms. The van der Waals surface area contributed by atoms with Crippen molar-refractivity contribution in [1.29, 1.82) is 0 Å². The lowest BCUT2D eigenvalue weighted by molar-refractivity contribution is -0.165. The summed E-state index contributed by atoms with van der Waals surface area (Å²) in [6, 6.07) is 21.9. The molecule has 45 heavy (non-hydrogen) atoms. The molecule has 2 N–H and O–H groups in total. The van der Waals surface area contributed by atoms with Crippen molar-refractivity contribution < 1.29 is 28.7 Å². The standard InChI is InChI=1S/C34H36FN5O5/c35-29-22-27(10-11-28(29)25-4-2-1-3-5-25)31-36-30(37-45-31)26-8-6-24(7-9-26)23-39-14-12-34(13-15-39,33(43)44)32(42)40-18-16-38(17-19-40)20-21-41/h1-11,22,41H,12-21,23H2,(H,43,44). The molecule has 234 valence electrons. The Labute approximate surface area is 260 Å². The van der Waals surface area contributed by atoms with Gasteiger partial charge in [-0.15, -0.1) is 0 Å². The van der Waals surface area contributed by atoms with Gasteiger partial charge in [-0.3, -0.25) is 19.4 Å². The zero-order valence-electron chi connectivity index (χ0n) is 24.9. The van der Waals surface area contributed by atoms with Crippen LogP contribution < -0.4 is 0 Å². The lowest BCUT2D eigenvalue weighted by Crippen LogP contribution is -2.58. The number of β-amino-alcohol motifs (C(OH)–C–C–N with tert-alkyl or cyclic N) is 1. The van der Waals surface area contributed by atoms with Gasteiger partial charge >= 0.3 is 5.97 Å². The Balaban J connectivity index is 1.06. The molecule has 3 heterocycles. The van der Waals surface area contributed by atoms with Crippen molar-refractivity contribution in [3.63, 3.8) is 0 Å². The average Bonchev–Trinajstić information content (AvgIpc) is 3.57. The van der Waals surface area contributed by atoms with Gasteiger partial charge in [0.2, 0.25) is 11.7 Å². The summed E-state index contributed by atoms with van der Waals surface area (Å²) in [5, 5.41) is 23.4. The van der Waals surface area contributed by atoms with Crippen molar-refractivity contribution in [3.05, 3.63) is 84.2 Å². The van der Waals surface area contributed by atoms with Crippen LogP contribution in [0.25, 0.3) is 34.0 Å². The summed E-state index contributed by atoms with van der Waals surface area (Å²) in [6.07, 6.45) is 0.517. The molecule has 1 aromatic heterocycles. The SMILES string of the molecule is O=C(O)C1(C(=O)N2CCN(CCO)CC2)CCN(Cc2ccc(-c3noc(-c4ccc(-c5ccccc5)c(F)c4)n3)cc2)CC1. The maximum atomic E-state index is 14.9. The number of aliphatic hydroxyl groups excluding tert-OH is 1. The van der Waals surface area contributed by atoms with Gasteiger partial charge in [0.05, 0.1) is 6.61 Å². The van der Waals surface area contributed by atoms with E-state index in [2.05, 4.69) is 19.9 Å². The van der Waals surface area contributed by atoms with Crippen molar-refractivity contribution in [2.24, 2.45) is 5.41 Å². The van der Waals surface area contributed by atoms with E-state index in [-0.39, 0.29) is 37.1 Å². The maximum Gasteiger partial charge on any atom is 0.319 e. The number of carboxylic acids is 1. The zero-order valence-corrected chi connectivity index (χ0v) is 24.9. The highest BCUT2D eigenvalue weighted by Gasteiger charge is 2.50. The normalized spacial score (nSPS) is 17.3. The van der Waals surface area contributed by atoms with Crippen molar-refractivity contribution in [2.45, 2.75) is 19.4 Å². The Kier molecular flexibility index (Phi) is 9.02. The minimum atomic E-state index is -1.40. The molecular formula is C34H36FN5O5. The molecular weight excluding hydrogens is 577 g/mol. The number of aliphatic hydroxyl groups is 1. The summed E-state index contributed by atoms with van der Waals surface area (Å²) in [5.41, 5.74) is 2.17. The fourth-order valence-electron chi connectivity index (χ4n) is 6.21. The lowest BCUT2D eigenvalue weighted by atomic mass is 9.76. The predicted octanol–water partition coefficient (Wildman–Crippen LogP) is 4.01. The fourth-order valence-corrected chi connectivity index (χ4v) is 6.21. The number of hydrogen-bond acceptors (Lipinski definition) is 8. The van der Waals surface area contributed by atoms with Gasteiger partial charge in [0, 0.05) is 69.0 Å². The minimum Gasteiger partial charge on any atom is -0.480 e. The fraction of sp³-hybridized carbons (Fsp3) is 0.353. The van der Waals surface area contributed by atoms with Gasteiger partial charge in [0.25, 0.3) is 5.89 Å². The Morgan fingerprint density at radius 3 is 2.18 bits per heavy atom. The van der Waals surface area contributed by atoms with Gasteiger partial charge in [0.1, 0.15) is 11.2 Å². The second-order valence-electron chi connectivity index (χ2n) is 11.7. The molecule has 6 rings (SSSR count). The number of rotatable bonds is 9. The number of aromatic nitrogens is 2. The Hall–Kier alpha value is -4.45. The molecule has 2 aliphatic rings. The maximum absolute atomic E-state index is 14.9. The van der Waals surface area contributed by atoms with Gasteiger partial charge in [-0.25, -0.2) is 4.39 Å². The topological polar surface area (TPSA) is 123 Å². The molecule has 11 heteroatoms.